The minimum absolute atomic E-state index is 0.185. The van der Waals surface area contributed by atoms with E-state index in [2.05, 4.69) is 18.0 Å². The molecule has 1 saturated heterocycles. The van der Waals surface area contributed by atoms with E-state index in [-0.39, 0.29) is 37.1 Å². The summed E-state index contributed by atoms with van der Waals surface area (Å²) < 4.78 is 1.03. The number of fused-ring (bicyclic) bond motifs is 1. The van der Waals surface area contributed by atoms with Crippen molar-refractivity contribution in [2.75, 3.05) is 38.6 Å². The van der Waals surface area contributed by atoms with Crippen molar-refractivity contribution < 1.29 is 14.4 Å². The molecule has 8 heteroatoms. The van der Waals surface area contributed by atoms with Gasteiger partial charge in [-0.2, -0.15) is 0 Å². The van der Waals surface area contributed by atoms with Crippen molar-refractivity contribution in [3.8, 4) is 0 Å². The van der Waals surface area contributed by atoms with Gasteiger partial charge >= 0.3 is 0 Å². The van der Waals surface area contributed by atoms with Crippen molar-refractivity contribution in [2.24, 2.45) is 0 Å². The van der Waals surface area contributed by atoms with Crippen LogP contribution in [0, 0.1) is 0 Å². The predicted octanol–water partition coefficient (Wildman–Crippen LogP) is 1.90. The van der Waals surface area contributed by atoms with Crippen LogP contribution in [0.25, 0.3) is 10.2 Å². The number of likely N-dealkylation sites (N-methyl/N-ethyl adjacent to an activating group) is 1. The number of amides is 3. The summed E-state index contributed by atoms with van der Waals surface area (Å²) in [6, 6.07) is 6.11. The number of hydrogen-bond acceptors (Lipinski definition) is 6. The molecule has 2 aromatic rings. The number of hydrogen-bond donors (Lipinski definition) is 0. The third kappa shape index (κ3) is 4.33. The van der Waals surface area contributed by atoms with E-state index in [1.807, 2.05) is 31.1 Å². The highest BCUT2D eigenvalue weighted by atomic mass is 32.1. The number of benzene rings is 1. The maximum absolute atomic E-state index is 12.9. The molecule has 0 radical (unpaired) electrons. The minimum atomic E-state index is -0.282. The third-order valence-electron chi connectivity index (χ3n) is 4.60. The first-order chi connectivity index (χ1) is 12.9. The molecule has 0 spiro atoms. The maximum atomic E-state index is 12.9. The highest BCUT2D eigenvalue weighted by Gasteiger charge is 2.32. The average Bonchev–Trinajstić information content (AvgIpc) is 3.19. The molecule has 0 bridgehead atoms. The first-order valence-electron chi connectivity index (χ1n) is 9.06. The predicted molar refractivity (Wildman–Crippen MR) is 106 cm³/mol. The van der Waals surface area contributed by atoms with Crippen molar-refractivity contribution in [1.82, 2.24) is 14.8 Å². The lowest BCUT2D eigenvalue weighted by molar-refractivity contribution is -0.141. The highest BCUT2D eigenvalue weighted by Crippen LogP contribution is 2.30. The Morgan fingerprint density at radius 3 is 2.52 bits per heavy atom. The van der Waals surface area contributed by atoms with Gasteiger partial charge in [-0.1, -0.05) is 24.3 Å². The van der Waals surface area contributed by atoms with E-state index < -0.39 is 0 Å². The molecule has 7 nitrogen and oxygen atoms in total. The average molecular weight is 388 g/mol. The third-order valence-corrected chi connectivity index (χ3v) is 5.64. The molecular weight excluding hydrogens is 364 g/mol. The number of rotatable bonds is 7. The zero-order valence-electron chi connectivity index (χ0n) is 15.9. The number of imide groups is 1. The molecule has 3 amide bonds. The highest BCUT2D eigenvalue weighted by molar-refractivity contribution is 7.22. The van der Waals surface area contributed by atoms with Crippen molar-refractivity contribution in [2.45, 2.75) is 26.2 Å². The van der Waals surface area contributed by atoms with E-state index in [9.17, 15) is 14.4 Å². The van der Waals surface area contributed by atoms with E-state index in [0.717, 1.165) is 21.5 Å². The lowest BCUT2D eigenvalue weighted by Gasteiger charge is -2.24. The monoisotopic (exact) mass is 388 g/mol. The molecular formula is C19H24N4O3S. The van der Waals surface area contributed by atoms with E-state index >= 15 is 0 Å². The Balaban J connectivity index is 1.87. The molecule has 27 heavy (non-hydrogen) atoms. The maximum Gasteiger partial charge on any atom is 0.248 e. The van der Waals surface area contributed by atoms with Crippen LogP contribution in [-0.2, 0) is 20.8 Å². The number of likely N-dealkylation sites (tertiary alicyclic amines) is 1. The van der Waals surface area contributed by atoms with Gasteiger partial charge in [-0.05, 0) is 38.2 Å². The molecule has 0 unspecified atom stereocenters. The molecule has 144 valence electrons. The van der Waals surface area contributed by atoms with Gasteiger partial charge in [0.25, 0.3) is 0 Å². The lowest BCUT2D eigenvalue weighted by atomic mass is 10.2. The van der Waals surface area contributed by atoms with Gasteiger partial charge in [0.1, 0.15) is 6.54 Å². The quantitative estimate of drug-likeness (QED) is 0.678. The second-order valence-electron chi connectivity index (χ2n) is 6.87. The van der Waals surface area contributed by atoms with Crippen molar-refractivity contribution in [3.63, 3.8) is 0 Å². The number of nitrogens with zero attached hydrogens (tertiary/aromatic N) is 4. The van der Waals surface area contributed by atoms with Crippen LogP contribution in [0.1, 0.15) is 25.3 Å². The second kappa shape index (κ2) is 8.14. The number of carbonyl (C=O) groups excluding carboxylic acids is 3. The molecule has 1 aromatic carbocycles. The topological polar surface area (TPSA) is 73.8 Å². The molecule has 0 N–H and O–H groups in total. The Bertz CT molecular complexity index is 861. The van der Waals surface area contributed by atoms with Gasteiger partial charge in [-0.25, -0.2) is 4.98 Å². The van der Waals surface area contributed by atoms with Crippen LogP contribution >= 0.6 is 11.3 Å². The summed E-state index contributed by atoms with van der Waals surface area (Å²) in [7, 11) is 3.87. The van der Waals surface area contributed by atoms with E-state index in [1.165, 1.54) is 16.9 Å². The fraction of sp³-hybridized carbons (Fsp3) is 0.474. The van der Waals surface area contributed by atoms with Crippen molar-refractivity contribution in [3.05, 3.63) is 23.8 Å². The molecule has 3 rings (SSSR count). The summed E-state index contributed by atoms with van der Waals surface area (Å²) in [6.07, 6.45) is 1.31. The molecule has 1 aromatic heterocycles. The Hall–Kier alpha value is -2.32. The lowest BCUT2D eigenvalue weighted by Crippen LogP contribution is -2.44. The van der Waals surface area contributed by atoms with Crippen molar-refractivity contribution >= 4 is 44.4 Å². The fourth-order valence-corrected chi connectivity index (χ4v) is 4.01. The summed E-state index contributed by atoms with van der Waals surface area (Å²) in [5, 5.41) is 0.601. The SMILES string of the molecule is CCc1ccc2nc(N(CCN(C)C)C(=O)CN3C(=O)CCC3=O)sc2c1. The Morgan fingerprint density at radius 1 is 1.19 bits per heavy atom. The normalized spacial score (nSPS) is 14.6. The number of aromatic nitrogens is 1. The number of thiazole rings is 1. The molecule has 1 fully saturated rings. The van der Waals surface area contributed by atoms with Crippen LogP contribution in [-0.4, -0.2) is 66.2 Å². The summed E-state index contributed by atoms with van der Waals surface area (Å²) in [6.45, 7) is 2.98. The van der Waals surface area contributed by atoms with Gasteiger partial charge in [-0.15, -0.1) is 0 Å². The Labute approximate surface area is 162 Å². The minimum Gasteiger partial charge on any atom is -0.308 e. The molecule has 0 aliphatic carbocycles. The molecule has 1 aliphatic rings. The zero-order valence-corrected chi connectivity index (χ0v) is 16.7. The summed E-state index contributed by atoms with van der Waals surface area (Å²) in [4.78, 5) is 45.9. The van der Waals surface area contributed by atoms with Crippen LogP contribution in [0.5, 0.6) is 0 Å². The van der Waals surface area contributed by atoms with E-state index in [4.69, 9.17) is 0 Å². The zero-order chi connectivity index (χ0) is 19.6. The largest absolute Gasteiger partial charge is 0.308 e. The Morgan fingerprint density at radius 2 is 1.89 bits per heavy atom. The summed E-state index contributed by atoms with van der Waals surface area (Å²) in [5.74, 6) is -0.842. The van der Waals surface area contributed by atoms with Gasteiger partial charge in [0, 0.05) is 25.9 Å². The molecule has 0 saturated carbocycles. The van der Waals surface area contributed by atoms with Gasteiger partial charge in [0.15, 0.2) is 5.13 Å². The molecule has 2 heterocycles. The Kier molecular flexibility index (Phi) is 5.86. The van der Waals surface area contributed by atoms with Crippen LogP contribution in [0.4, 0.5) is 5.13 Å². The number of anilines is 1. The first-order valence-corrected chi connectivity index (χ1v) is 9.88. The van der Waals surface area contributed by atoms with Crippen LogP contribution in [0.15, 0.2) is 18.2 Å². The van der Waals surface area contributed by atoms with Crippen LogP contribution in [0.3, 0.4) is 0 Å². The fourth-order valence-electron chi connectivity index (χ4n) is 2.94. The van der Waals surface area contributed by atoms with E-state index in [1.54, 1.807) is 4.90 Å². The first kappa shape index (κ1) is 19.4. The van der Waals surface area contributed by atoms with Gasteiger partial charge in [0.05, 0.1) is 10.2 Å². The van der Waals surface area contributed by atoms with Gasteiger partial charge in [0.2, 0.25) is 17.7 Å². The van der Waals surface area contributed by atoms with Gasteiger partial charge in [-0.3, -0.25) is 24.2 Å². The smallest absolute Gasteiger partial charge is 0.248 e. The molecule has 1 aliphatic heterocycles. The summed E-state index contributed by atoms with van der Waals surface area (Å²) in [5.41, 5.74) is 2.07. The van der Waals surface area contributed by atoms with Gasteiger partial charge < -0.3 is 4.90 Å². The van der Waals surface area contributed by atoms with E-state index in [0.29, 0.717) is 18.2 Å². The van der Waals surface area contributed by atoms with Crippen LogP contribution in [0.2, 0.25) is 0 Å². The number of carbonyl (C=O) groups is 3. The standard InChI is InChI=1S/C19H24N4O3S/c1-4-13-5-6-14-15(11-13)27-19(20-14)22(10-9-21(2)3)18(26)12-23-16(24)7-8-17(23)25/h5-6,11H,4,7-10,12H2,1-3H3. The summed E-state index contributed by atoms with van der Waals surface area (Å²) >= 11 is 1.46. The number of aryl methyl sites for hydroxylation is 1. The molecule has 0 atom stereocenters. The van der Waals surface area contributed by atoms with Crippen LogP contribution < -0.4 is 4.90 Å². The second-order valence-corrected chi connectivity index (χ2v) is 7.88. The van der Waals surface area contributed by atoms with Crippen molar-refractivity contribution in [1.29, 1.82) is 0 Å².